The summed E-state index contributed by atoms with van der Waals surface area (Å²) in [6, 6.07) is 13.4. The Morgan fingerprint density at radius 2 is 1.76 bits per heavy atom. The number of nitrogens with zero attached hydrogens (tertiary/aromatic N) is 2. The second-order valence-corrected chi connectivity index (χ2v) is 8.98. The Kier molecular flexibility index (Phi) is 6.04. The van der Waals surface area contributed by atoms with Gasteiger partial charge in [0.2, 0.25) is 5.76 Å². The summed E-state index contributed by atoms with van der Waals surface area (Å²) in [4.78, 5) is 31.3. The fourth-order valence-electron chi connectivity index (χ4n) is 4.94. The molecule has 3 aromatic rings. The van der Waals surface area contributed by atoms with Gasteiger partial charge in [0.15, 0.2) is 5.43 Å². The van der Waals surface area contributed by atoms with Gasteiger partial charge in [0.25, 0.3) is 5.91 Å². The molecule has 6 nitrogen and oxygen atoms in total. The van der Waals surface area contributed by atoms with Crippen molar-refractivity contribution in [1.29, 1.82) is 0 Å². The monoisotopic (exact) mass is 446 g/mol. The van der Waals surface area contributed by atoms with E-state index in [0.29, 0.717) is 23.1 Å². The Bertz CT molecular complexity index is 1230. The summed E-state index contributed by atoms with van der Waals surface area (Å²) in [6.45, 7) is 8.88. The lowest BCUT2D eigenvalue weighted by Crippen LogP contribution is -2.38. The number of amides is 1. The third kappa shape index (κ3) is 4.09. The first kappa shape index (κ1) is 21.9. The fourth-order valence-corrected chi connectivity index (χ4v) is 4.94. The molecule has 33 heavy (non-hydrogen) atoms. The second-order valence-electron chi connectivity index (χ2n) is 8.98. The molecule has 0 spiro atoms. The molecule has 2 aromatic carbocycles. The molecule has 0 bridgehead atoms. The van der Waals surface area contributed by atoms with Gasteiger partial charge in [-0.1, -0.05) is 42.8 Å². The van der Waals surface area contributed by atoms with Crippen molar-refractivity contribution in [3.8, 4) is 0 Å². The van der Waals surface area contributed by atoms with E-state index in [-0.39, 0.29) is 17.1 Å². The highest BCUT2D eigenvalue weighted by Gasteiger charge is 2.42. The van der Waals surface area contributed by atoms with Gasteiger partial charge in [-0.3, -0.25) is 14.5 Å². The molecule has 2 aliphatic heterocycles. The number of fused-ring (bicyclic) bond motifs is 2. The Balaban J connectivity index is 1.53. The van der Waals surface area contributed by atoms with E-state index in [1.54, 1.807) is 6.07 Å². The molecule has 172 valence electrons. The first-order valence-electron chi connectivity index (χ1n) is 11.8. The highest BCUT2D eigenvalue weighted by Crippen LogP contribution is 2.38. The second kappa shape index (κ2) is 9.12. The Labute approximate surface area is 193 Å². The summed E-state index contributed by atoms with van der Waals surface area (Å²) in [5.74, 6) is -0.0107. The van der Waals surface area contributed by atoms with Crippen molar-refractivity contribution in [2.75, 3.05) is 39.4 Å². The van der Waals surface area contributed by atoms with Crippen LogP contribution < -0.4 is 5.43 Å². The maximum atomic E-state index is 13.6. The molecule has 0 aliphatic carbocycles. The molecule has 1 saturated heterocycles. The van der Waals surface area contributed by atoms with Crippen LogP contribution in [0.25, 0.3) is 11.0 Å². The molecule has 1 amide bonds. The predicted molar refractivity (Wildman–Crippen MR) is 128 cm³/mol. The highest BCUT2D eigenvalue weighted by atomic mass is 16.5. The first-order chi connectivity index (χ1) is 16.1. The summed E-state index contributed by atoms with van der Waals surface area (Å²) in [5.41, 5.74) is 3.99. The minimum Gasteiger partial charge on any atom is -0.450 e. The molecule has 0 N–H and O–H groups in total. The van der Waals surface area contributed by atoms with Gasteiger partial charge in [0.1, 0.15) is 5.58 Å². The van der Waals surface area contributed by atoms with Crippen molar-refractivity contribution < 1.29 is 13.9 Å². The van der Waals surface area contributed by atoms with Crippen LogP contribution in [0, 0.1) is 6.92 Å². The average Bonchev–Trinajstić information content (AvgIpc) is 3.12. The zero-order valence-electron chi connectivity index (χ0n) is 19.3. The van der Waals surface area contributed by atoms with Crippen LogP contribution in [0.2, 0.25) is 0 Å². The van der Waals surface area contributed by atoms with Crippen molar-refractivity contribution >= 4 is 16.9 Å². The normalized spacial score (nSPS) is 18.8. The summed E-state index contributed by atoms with van der Waals surface area (Å²) in [7, 11) is 0. The highest BCUT2D eigenvalue weighted by molar-refractivity contribution is 5.99. The third-order valence-corrected chi connectivity index (χ3v) is 6.80. The van der Waals surface area contributed by atoms with E-state index in [0.717, 1.165) is 56.8 Å². The van der Waals surface area contributed by atoms with Crippen molar-refractivity contribution in [1.82, 2.24) is 9.80 Å². The standard InChI is InChI=1S/C27H30N2O4/c1-3-19-6-8-20(9-7-19)24-23-25(30)21-17-18(2)5-10-22(21)33-26(23)27(31)29(24)12-4-11-28-13-15-32-16-14-28/h5-10,17,24H,3-4,11-16H2,1-2H3/t24-/m0/s1. The molecule has 0 saturated carbocycles. The molecular weight excluding hydrogens is 416 g/mol. The van der Waals surface area contributed by atoms with E-state index in [9.17, 15) is 9.59 Å². The van der Waals surface area contributed by atoms with Crippen molar-refractivity contribution in [3.05, 3.63) is 80.7 Å². The van der Waals surface area contributed by atoms with Gasteiger partial charge in [0, 0.05) is 26.2 Å². The molecular formula is C27H30N2O4. The summed E-state index contributed by atoms with van der Waals surface area (Å²) >= 11 is 0. The van der Waals surface area contributed by atoms with Gasteiger partial charge in [-0.05, 0) is 43.0 Å². The topological polar surface area (TPSA) is 63.0 Å². The van der Waals surface area contributed by atoms with Crippen molar-refractivity contribution in [3.63, 3.8) is 0 Å². The summed E-state index contributed by atoms with van der Waals surface area (Å²) < 4.78 is 11.5. The number of aryl methyl sites for hydroxylation is 2. The largest absolute Gasteiger partial charge is 0.450 e. The third-order valence-electron chi connectivity index (χ3n) is 6.80. The van der Waals surface area contributed by atoms with Crippen LogP contribution in [-0.4, -0.2) is 55.1 Å². The Morgan fingerprint density at radius 1 is 1.00 bits per heavy atom. The van der Waals surface area contributed by atoms with Crippen LogP contribution in [0.3, 0.4) is 0 Å². The predicted octanol–water partition coefficient (Wildman–Crippen LogP) is 3.93. The maximum absolute atomic E-state index is 13.6. The fraction of sp³-hybridized carbons (Fsp3) is 0.407. The van der Waals surface area contributed by atoms with Gasteiger partial charge in [-0.25, -0.2) is 0 Å². The molecule has 6 heteroatoms. The van der Waals surface area contributed by atoms with Gasteiger partial charge in [0.05, 0.1) is 30.2 Å². The van der Waals surface area contributed by atoms with Gasteiger partial charge >= 0.3 is 0 Å². The lowest BCUT2D eigenvalue weighted by Gasteiger charge is -2.29. The number of carbonyl (C=O) groups excluding carboxylic acids is 1. The van der Waals surface area contributed by atoms with Gasteiger partial charge in [-0.2, -0.15) is 0 Å². The Morgan fingerprint density at radius 3 is 2.48 bits per heavy atom. The van der Waals surface area contributed by atoms with Crippen molar-refractivity contribution in [2.45, 2.75) is 32.7 Å². The van der Waals surface area contributed by atoms with E-state index in [4.69, 9.17) is 9.15 Å². The Hall–Kier alpha value is -2.96. The van der Waals surface area contributed by atoms with E-state index < -0.39 is 6.04 Å². The number of rotatable bonds is 6. The molecule has 0 unspecified atom stereocenters. The van der Waals surface area contributed by atoms with Crippen LogP contribution in [0.15, 0.2) is 51.7 Å². The number of hydrogen-bond donors (Lipinski definition) is 0. The van der Waals surface area contributed by atoms with Crippen LogP contribution in [0.5, 0.6) is 0 Å². The summed E-state index contributed by atoms with van der Waals surface area (Å²) in [6.07, 6.45) is 1.77. The molecule has 1 fully saturated rings. The molecule has 5 rings (SSSR count). The van der Waals surface area contributed by atoms with Crippen LogP contribution in [-0.2, 0) is 11.2 Å². The molecule has 3 heterocycles. The zero-order valence-corrected chi connectivity index (χ0v) is 19.3. The van der Waals surface area contributed by atoms with E-state index in [1.807, 2.05) is 36.1 Å². The van der Waals surface area contributed by atoms with Crippen LogP contribution in [0.1, 0.15) is 52.2 Å². The van der Waals surface area contributed by atoms with Crippen LogP contribution >= 0.6 is 0 Å². The smallest absolute Gasteiger partial charge is 0.290 e. The first-order valence-corrected chi connectivity index (χ1v) is 11.8. The van der Waals surface area contributed by atoms with E-state index >= 15 is 0 Å². The lowest BCUT2D eigenvalue weighted by molar-refractivity contribution is 0.0353. The number of morpholine rings is 1. The maximum Gasteiger partial charge on any atom is 0.290 e. The average molecular weight is 447 g/mol. The number of benzene rings is 2. The zero-order chi connectivity index (χ0) is 22.9. The van der Waals surface area contributed by atoms with Crippen LogP contribution in [0.4, 0.5) is 0 Å². The number of carbonyl (C=O) groups is 1. The molecule has 1 atom stereocenters. The van der Waals surface area contributed by atoms with E-state index in [1.165, 1.54) is 5.56 Å². The van der Waals surface area contributed by atoms with Crippen molar-refractivity contribution in [2.24, 2.45) is 0 Å². The summed E-state index contributed by atoms with van der Waals surface area (Å²) in [5, 5.41) is 0.534. The SMILES string of the molecule is CCc1ccc([C@H]2c3c(oc4ccc(C)cc4c3=O)C(=O)N2CCCN2CCOCC2)cc1. The lowest BCUT2D eigenvalue weighted by atomic mass is 9.97. The van der Waals surface area contributed by atoms with Gasteiger partial charge < -0.3 is 14.1 Å². The van der Waals surface area contributed by atoms with Gasteiger partial charge in [-0.15, -0.1) is 0 Å². The van der Waals surface area contributed by atoms with E-state index in [2.05, 4.69) is 24.0 Å². The quantitative estimate of drug-likeness (QED) is 0.574. The minimum atomic E-state index is -0.427. The minimum absolute atomic E-state index is 0.108. The number of ether oxygens (including phenoxy) is 1. The molecule has 0 radical (unpaired) electrons. The number of hydrogen-bond acceptors (Lipinski definition) is 5. The molecule has 2 aliphatic rings. The molecule has 1 aromatic heterocycles.